The highest BCUT2D eigenvalue weighted by Crippen LogP contribution is 2.42. The minimum Gasteiger partial charge on any atom is -0.416 e. The van der Waals surface area contributed by atoms with E-state index >= 15 is 0 Å². The molecule has 2 heterocycles. The van der Waals surface area contributed by atoms with Crippen LogP contribution < -0.4 is 0 Å². The SMILES string of the molecule is c1ccc(-c2nnc(-c3ccccc3-c3cccc4c3sc3ccccc34)o2)cc1. The third kappa shape index (κ3) is 2.73. The van der Waals surface area contributed by atoms with Gasteiger partial charge in [0.1, 0.15) is 0 Å². The molecule has 0 spiro atoms. The van der Waals surface area contributed by atoms with Gasteiger partial charge in [0.2, 0.25) is 11.8 Å². The zero-order valence-corrected chi connectivity index (χ0v) is 16.8. The van der Waals surface area contributed by atoms with Crippen molar-refractivity contribution in [3.63, 3.8) is 0 Å². The van der Waals surface area contributed by atoms with Gasteiger partial charge in [0, 0.05) is 36.9 Å². The third-order valence-corrected chi connectivity index (χ3v) is 6.52. The molecule has 0 atom stereocenters. The molecule has 30 heavy (non-hydrogen) atoms. The molecular weight excluding hydrogens is 388 g/mol. The van der Waals surface area contributed by atoms with Crippen LogP contribution in [-0.2, 0) is 0 Å². The van der Waals surface area contributed by atoms with Crippen molar-refractivity contribution >= 4 is 31.5 Å². The Morgan fingerprint density at radius 3 is 2.10 bits per heavy atom. The number of thiophene rings is 1. The molecule has 0 amide bonds. The maximum Gasteiger partial charge on any atom is 0.248 e. The van der Waals surface area contributed by atoms with Crippen molar-refractivity contribution in [2.45, 2.75) is 0 Å². The Balaban J connectivity index is 1.54. The molecule has 4 heteroatoms. The molecule has 142 valence electrons. The average molecular weight is 404 g/mol. The van der Waals surface area contributed by atoms with Crippen LogP contribution in [0.25, 0.3) is 54.2 Å². The Bertz CT molecular complexity index is 1500. The summed E-state index contributed by atoms with van der Waals surface area (Å²) in [6, 6.07) is 33.1. The first kappa shape index (κ1) is 17.1. The summed E-state index contributed by atoms with van der Waals surface area (Å²) < 4.78 is 8.64. The second-order valence-corrected chi connectivity index (χ2v) is 8.16. The van der Waals surface area contributed by atoms with Gasteiger partial charge in [0.15, 0.2) is 0 Å². The van der Waals surface area contributed by atoms with E-state index in [1.54, 1.807) is 0 Å². The first-order valence-corrected chi connectivity index (χ1v) is 10.6. The summed E-state index contributed by atoms with van der Waals surface area (Å²) in [7, 11) is 0. The van der Waals surface area contributed by atoms with E-state index in [0.29, 0.717) is 11.8 Å². The Labute approximate surface area is 177 Å². The summed E-state index contributed by atoms with van der Waals surface area (Å²) in [5.74, 6) is 1.06. The molecule has 3 nitrogen and oxygen atoms in total. The molecule has 0 fully saturated rings. The van der Waals surface area contributed by atoms with Gasteiger partial charge in [0.05, 0.1) is 0 Å². The average Bonchev–Trinajstić information content (AvgIpc) is 3.45. The predicted molar refractivity (Wildman–Crippen MR) is 123 cm³/mol. The van der Waals surface area contributed by atoms with Gasteiger partial charge in [-0.25, -0.2) is 0 Å². The van der Waals surface area contributed by atoms with Crippen molar-refractivity contribution in [2.24, 2.45) is 0 Å². The van der Waals surface area contributed by atoms with Gasteiger partial charge in [0.25, 0.3) is 0 Å². The molecule has 0 saturated heterocycles. The van der Waals surface area contributed by atoms with Gasteiger partial charge in [-0.2, -0.15) is 0 Å². The molecule has 2 aromatic heterocycles. The largest absolute Gasteiger partial charge is 0.416 e. The Hall–Kier alpha value is -3.76. The molecule has 0 unspecified atom stereocenters. The smallest absolute Gasteiger partial charge is 0.248 e. The van der Waals surface area contributed by atoms with E-state index in [-0.39, 0.29) is 0 Å². The van der Waals surface area contributed by atoms with E-state index in [2.05, 4.69) is 64.8 Å². The molecule has 6 aromatic rings. The highest BCUT2D eigenvalue weighted by Gasteiger charge is 2.17. The number of aromatic nitrogens is 2. The van der Waals surface area contributed by atoms with E-state index in [1.165, 1.54) is 25.7 Å². The monoisotopic (exact) mass is 404 g/mol. The second-order valence-electron chi connectivity index (χ2n) is 7.10. The predicted octanol–water partition coefficient (Wildman–Crippen LogP) is 7.44. The number of rotatable bonds is 3. The lowest BCUT2D eigenvalue weighted by Crippen LogP contribution is -1.85. The second kappa shape index (κ2) is 6.94. The molecule has 6 rings (SSSR count). The quantitative estimate of drug-likeness (QED) is 0.308. The summed E-state index contributed by atoms with van der Waals surface area (Å²) in [6.07, 6.45) is 0. The lowest BCUT2D eigenvalue weighted by Gasteiger charge is -2.08. The molecule has 0 aliphatic rings. The summed E-state index contributed by atoms with van der Waals surface area (Å²) in [5.41, 5.74) is 4.14. The van der Waals surface area contributed by atoms with Crippen molar-refractivity contribution in [1.82, 2.24) is 10.2 Å². The van der Waals surface area contributed by atoms with Crippen LogP contribution in [0.3, 0.4) is 0 Å². The Morgan fingerprint density at radius 2 is 1.20 bits per heavy atom. The van der Waals surface area contributed by atoms with Gasteiger partial charge in [-0.3, -0.25) is 0 Å². The van der Waals surface area contributed by atoms with Crippen LogP contribution in [0.15, 0.2) is 101 Å². The minimum absolute atomic E-state index is 0.528. The standard InChI is InChI=1S/C26H16N2OS/c1-2-9-17(10-3-1)25-27-28-26(29-25)22-13-5-4-11-18(22)20-14-8-15-21-19-12-6-7-16-23(19)30-24(20)21/h1-16H. The van der Waals surface area contributed by atoms with Gasteiger partial charge in [-0.1, -0.05) is 72.8 Å². The molecule has 0 aliphatic heterocycles. The van der Waals surface area contributed by atoms with Gasteiger partial charge in [-0.15, -0.1) is 21.5 Å². The lowest BCUT2D eigenvalue weighted by molar-refractivity contribution is 0.585. The first-order chi connectivity index (χ1) is 14.9. The van der Waals surface area contributed by atoms with E-state index < -0.39 is 0 Å². The third-order valence-electron chi connectivity index (χ3n) is 5.30. The van der Waals surface area contributed by atoms with E-state index in [1.807, 2.05) is 53.8 Å². The van der Waals surface area contributed by atoms with Crippen LogP contribution in [0.2, 0.25) is 0 Å². The van der Waals surface area contributed by atoms with Gasteiger partial charge >= 0.3 is 0 Å². The topological polar surface area (TPSA) is 38.9 Å². The van der Waals surface area contributed by atoms with Crippen molar-refractivity contribution in [2.75, 3.05) is 0 Å². The van der Waals surface area contributed by atoms with Gasteiger partial charge in [-0.05, 0) is 29.8 Å². The molecular formula is C26H16N2OS. The molecule has 0 saturated carbocycles. The van der Waals surface area contributed by atoms with Gasteiger partial charge < -0.3 is 4.42 Å². The maximum atomic E-state index is 6.07. The highest BCUT2D eigenvalue weighted by molar-refractivity contribution is 7.26. The fourth-order valence-corrected chi connectivity index (χ4v) is 5.12. The first-order valence-electron chi connectivity index (χ1n) is 9.77. The fraction of sp³-hybridized carbons (Fsp3) is 0. The van der Waals surface area contributed by atoms with E-state index in [4.69, 9.17) is 4.42 Å². The summed E-state index contributed by atoms with van der Waals surface area (Å²) in [4.78, 5) is 0. The molecule has 0 aliphatic carbocycles. The van der Waals surface area contributed by atoms with Crippen molar-refractivity contribution in [3.05, 3.63) is 97.1 Å². The number of benzene rings is 4. The zero-order chi connectivity index (χ0) is 19.9. The lowest BCUT2D eigenvalue weighted by atomic mass is 9.98. The summed E-state index contributed by atoms with van der Waals surface area (Å²) in [6.45, 7) is 0. The van der Waals surface area contributed by atoms with Crippen LogP contribution in [0, 0.1) is 0 Å². The van der Waals surface area contributed by atoms with E-state index in [9.17, 15) is 0 Å². The summed E-state index contributed by atoms with van der Waals surface area (Å²) >= 11 is 1.82. The Morgan fingerprint density at radius 1 is 0.533 bits per heavy atom. The van der Waals surface area contributed by atoms with E-state index in [0.717, 1.165) is 16.7 Å². The van der Waals surface area contributed by atoms with Crippen molar-refractivity contribution < 1.29 is 4.42 Å². The minimum atomic E-state index is 0.528. The van der Waals surface area contributed by atoms with Crippen LogP contribution in [-0.4, -0.2) is 10.2 Å². The van der Waals surface area contributed by atoms with Crippen LogP contribution in [0.4, 0.5) is 0 Å². The van der Waals surface area contributed by atoms with Crippen LogP contribution in [0.1, 0.15) is 0 Å². The molecule has 0 bridgehead atoms. The number of hydrogen-bond donors (Lipinski definition) is 0. The normalized spacial score (nSPS) is 11.3. The van der Waals surface area contributed by atoms with Crippen molar-refractivity contribution in [3.8, 4) is 34.0 Å². The number of hydrogen-bond acceptors (Lipinski definition) is 4. The number of fused-ring (bicyclic) bond motifs is 3. The number of nitrogens with zero attached hydrogens (tertiary/aromatic N) is 2. The molecule has 4 aromatic carbocycles. The van der Waals surface area contributed by atoms with Crippen LogP contribution >= 0.6 is 11.3 Å². The van der Waals surface area contributed by atoms with Crippen molar-refractivity contribution in [1.29, 1.82) is 0 Å². The zero-order valence-electron chi connectivity index (χ0n) is 15.9. The maximum absolute atomic E-state index is 6.07. The summed E-state index contributed by atoms with van der Waals surface area (Å²) in [5, 5.41) is 11.2. The van der Waals surface area contributed by atoms with Crippen LogP contribution in [0.5, 0.6) is 0 Å². The molecule has 0 N–H and O–H groups in total. The Kier molecular flexibility index (Phi) is 3.96. The fourth-order valence-electron chi connectivity index (χ4n) is 3.89. The molecule has 0 radical (unpaired) electrons. The highest BCUT2D eigenvalue weighted by atomic mass is 32.1.